The summed E-state index contributed by atoms with van der Waals surface area (Å²) in [6.07, 6.45) is 3.01. The monoisotopic (exact) mass is 371 g/mol. The van der Waals surface area contributed by atoms with E-state index in [4.69, 9.17) is 4.42 Å². The van der Waals surface area contributed by atoms with Gasteiger partial charge in [-0.2, -0.15) is 0 Å². The zero-order valence-electron chi connectivity index (χ0n) is 11.8. The molecule has 0 amide bonds. The lowest BCUT2D eigenvalue weighted by atomic mass is 10.2. The predicted molar refractivity (Wildman–Crippen MR) is 85.9 cm³/mol. The van der Waals surface area contributed by atoms with Crippen LogP contribution in [0.2, 0.25) is 0 Å². The average molecular weight is 372 g/mol. The van der Waals surface area contributed by atoms with E-state index in [9.17, 15) is 8.42 Å². The number of sulfonamides is 1. The lowest BCUT2D eigenvalue weighted by Gasteiger charge is -2.13. The lowest BCUT2D eigenvalue weighted by Crippen LogP contribution is -2.32. The molecule has 0 aliphatic rings. The molecule has 0 saturated carbocycles. The highest BCUT2D eigenvalue weighted by Gasteiger charge is 2.17. The Balaban J connectivity index is 1.95. The lowest BCUT2D eigenvalue weighted by molar-refractivity contribution is 0.480. The van der Waals surface area contributed by atoms with Crippen molar-refractivity contribution in [2.45, 2.75) is 36.0 Å². The van der Waals surface area contributed by atoms with Gasteiger partial charge in [-0.1, -0.05) is 28.1 Å². The second kappa shape index (κ2) is 7.24. The van der Waals surface area contributed by atoms with Gasteiger partial charge in [-0.15, -0.1) is 0 Å². The second-order valence-electron chi connectivity index (χ2n) is 4.92. The Hall–Kier alpha value is -1.11. The summed E-state index contributed by atoms with van der Waals surface area (Å²) in [6.45, 7) is 1.85. The molecule has 0 bridgehead atoms. The molecule has 0 saturated heterocycles. The molecule has 1 aromatic heterocycles. The second-order valence-corrected chi connectivity index (χ2v) is 7.19. The van der Waals surface area contributed by atoms with Crippen LogP contribution in [-0.2, 0) is 21.8 Å². The number of aryl methyl sites for hydroxylation is 1. The summed E-state index contributed by atoms with van der Waals surface area (Å²) >= 11 is 3.34. The fourth-order valence-corrected chi connectivity index (χ4v) is 3.61. The largest absolute Gasteiger partial charge is 0.469 e. The molecule has 0 radical (unpaired) electrons. The molecule has 4 nitrogen and oxygen atoms in total. The minimum absolute atomic E-state index is 0.157. The van der Waals surface area contributed by atoms with E-state index >= 15 is 0 Å². The number of alkyl halides is 1. The first-order chi connectivity index (χ1) is 10.0. The van der Waals surface area contributed by atoms with Gasteiger partial charge in [0.25, 0.3) is 0 Å². The Bertz CT molecular complexity index is 651. The van der Waals surface area contributed by atoms with Gasteiger partial charge in [-0.05, 0) is 43.2 Å². The molecule has 0 aliphatic heterocycles. The van der Waals surface area contributed by atoms with E-state index in [1.807, 2.05) is 19.1 Å². The molecule has 2 aromatic rings. The highest BCUT2D eigenvalue weighted by Crippen LogP contribution is 2.14. The van der Waals surface area contributed by atoms with Crippen LogP contribution in [0.5, 0.6) is 0 Å². The zero-order valence-corrected chi connectivity index (χ0v) is 14.2. The highest BCUT2D eigenvalue weighted by atomic mass is 79.9. The van der Waals surface area contributed by atoms with Crippen LogP contribution in [0.3, 0.4) is 0 Å². The molecule has 0 spiro atoms. The molecule has 21 heavy (non-hydrogen) atoms. The van der Waals surface area contributed by atoms with Crippen LogP contribution in [0.4, 0.5) is 0 Å². The molecule has 0 aliphatic carbocycles. The topological polar surface area (TPSA) is 59.3 Å². The minimum atomic E-state index is -3.47. The summed E-state index contributed by atoms with van der Waals surface area (Å²) in [4.78, 5) is 0.289. The molecule has 1 N–H and O–H groups in total. The van der Waals surface area contributed by atoms with Crippen LogP contribution in [0.25, 0.3) is 0 Å². The number of halogens is 1. The predicted octanol–water partition coefficient (Wildman–Crippen LogP) is 3.47. The molecule has 114 valence electrons. The fraction of sp³-hybridized carbons (Fsp3) is 0.333. The molecular formula is C15H18BrNO3S. The Morgan fingerprint density at radius 2 is 1.95 bits per heavy atom. The summed E-state index contributed by atoms with van der Waals surface area (Å²) in [5, 5.41) is 0.709. The Labute approximate surface area is 133 Å². The molecular weight excluding hydrogens is 354 g/mol. The summed E-state index contributed by atoms with van der Waals surface area (Å²) in [7, 11) is -3.47. The average Bonchev–Trinajstić information content (AvgIpc) is 2.98. The number of benzene rings is 1. The Morgan fingerprint density at radius 3 is 2.52 bits per heavy atom. The van der Waals surface area contributed by atoms with E-state index in [2.05, 4.69) is 20.7 Å². The zero-order chi connectivity index (χ0) is 15.3. The molecule has 1 heterocycles. The van der Waals surface area contributed by atoms with Crippen LogP contribution < -0.4 is 4.72 Å². The van der Waals surface area contributed by atoms with Gasteiger partial charge in [0.1, 0.15) is 5.76 Å². The van der Waals surface area contributed by atoms with Gasteiger partial charge in [0.2, 0.25) is 10.0 Å². The number of rotatable bonds is 7. The van der Waals surface area contributed by atoms with E-state index < -0.39 is 10.0 Å². The minimum Gasteiger partial charge on any atom is -0.469 e. The fourth-order valence-electron chi connectivity index (χ4n) is 1.96. The number of hydrogen-bond acceptors (Lipinski definition) is 3. The van der Waals surface area contributed by atoms with E-state index in [-0.39, 0.29) is 10.9 Å². The van der Waals surface area contributed by atoms with Crippen molar-refractivity contribution in [1.82, 2.24) is 4.72 Å². The van der Waals surface area contributed by atoms with Crippen LogP contribution >= 0.6 is 15.9 Å². The van der Waals surface area contributed by atoms with Crippen molar-refractivity contribution < 1.29 is 12.8 Å². The van der Waals surface area contributed by atoms with Gasteiger partial charge in [-0.25, -0.2) is 13.1 Å². The molecule has 2 rings (SSSR count). The quantitative estimate of drug-likeness (QED) is 0.757. The SMILES string of the molecule is CC(CCc1ccco1)NS(=O)(=O)c1ccc(CBr)cc1. The van der Waals surface area contributed by atoms with Crippen molar-refractivity contribution in [1.29, 1.82) is 0 Å². The third-order valence-electron chi connectivity index (χ3n) is 3.15. The van der Waals surface area contributed by atoms with Gasteiger partial charge in [0.15, 0.2) is 0 Å². The smallest absolute Gasteiger partial charge is 0.240 e. The van der Waals surface area contributed by atoms with E-state index in [0.717, 1.165) is 11.3 Å². The standard InChI is InChI=1S/C15H18BrNO3S/c1-12(4-7-14-3-2-10-20-14)17-21(18,19)15-8-5-13(11-16)6-9-15/h2-3,5-6,8-10,12,17H,4,7,11H2,1H3. The first kappa shape index (κ1) is 16.3. The maximum absolute atomic E-state index is 12.3. The summed E-state index contributed by atoms with van der Waals surface area (Å²) in [5.41, 5.74) is 1.04. The molecule has 1 atom stereocenters. The van der Waals surface area contributed by atoms with E-state index in [0.29, 0.717) is 18.2 Å². The van der Waals surface area contributed by atoms with Crippen LogP contribution in [0, 0.1) is 0 Å². The Kier molecular flexibility index (Phi) is 5.61. The number of furan rings is 1. The highest BCUT2D eigenvalue weighted by molar-refractivity contribution is 9.08. The maximum atomic E-state index is 12.3. The van der Waals surface area contributed by atoms with Gasteiger partial charge in [-0.3, -0.25) is 0 Å². The van der Waals surface area contributed by atoms with Crippen molar-refractivity contribution in [3.8, 4) is 0 Å². The van der Waals surface area contributed by atoms with Crippen LogP contribution in [-0.4, -0.2) is 14.5 Å². The molecule has 0 fully saturated rings. The van der Waals surface area contributed by atoms with E-state index in [1.54, 1.807) is 30.5 Å². The third-order valence-corrected chi connectivity index (χ3v) is 5.40. The third kappa shape index (κ3) is 4.69. The van der Waals surface area contributed by atoms with Crippen molar-refractivity contribution in [2.75, 3.05) is 0 Å². The first-order valence-corrected chi connectivity index (χ1v) is 9.31. The van der Waals surface area contributed by atoms with Gasteiger partial charge in [0.05, 0.1) is 11.2 Å². The Morgan fingerprint density at radius 1 is 1.24 bits per heavy atom. The number of nitrogens with one attached hydrogen (secondary N) is 1. The molecule has 1 aromatic carbocycles. The molecule has 6 heteroatoms. The van der Waals surface area contributed by atoms with Crippen molar-refractivity contribution in [3.05, 3.63) is 54.0 Å². The summed E-state index contributed by atoms with van der Waals surface area (Å²) in [5.74, 6) is 0.864. The van der Waals surface area contributed by atoms with E-state index in [1.165, 1.54) is 0 Å². The normalized spacial score (nSPS) is 13.2. The first-order valence-electron chi connectivity index (χ1n) is 6.71. The van der Waals surface area contributed by atoms with Crippen LogP contribution in [0.15, 0.2) is 52.0 Å². The van der Waals surface area contributed by atoms with Gasteiger partial charge >= 0.3 is 0 Å². The maximum Gasteiger partial charge on any atom is 0.240 e. The van der Waals surface area contributed by atoms with Crippen molar-refractivity contribution in [2.24, 2.45) is 0 Å². The van der Waals surface area contributed by atoms with Gasteiger partial charge < -0.3 is 4.42 Å². The van der Waals surface area contributed by atoms with Crippen molar-refractivity contribution >= 4 is 26.0 Å². The summed E-state index contributed by atoms with van der Waals surface area (Å²) < 4.78 is 32.4. The van der Waals surface area contributed by atoms with Crippen molar-refractivity contribution in [3.63, 3.8) is 0 Å². The van der Waals surface area contributed by atoms with Gasteiger partial charge in [0, 0.05) is 17.8 Å². The molecule has 1 unspecified atom stereocenters. The summed E-state index contributed by atoms with van der Waals surface area (Å²) in [6, 6.07) is 10.4. The number of hydrogen-bond donors (Lipinski definition) is 1. The van der Waals surface area contributed by atoms with Crippen LogP contribution in [0.1, 0.15) is 24.7 Å².